The normalized spacial score (nSPS) is 17.9. The van der Waals surface area contributed by atoms with Crippen molar-refractivity contribution in [2.75, 3.05) is 31.3 Å². The second-order valence-corrected chi connectivity index (χ2v) is 6.02. The fourth-order valence-corrected chi connectivity index (χ4v) is 3.11. The van der Waals surface area contributed by atoms with Crippen molar-refractivity contribution < 1.29 is 14.3 Å². The summed E-state index contributed by atoms with van der Waals surface area (Å²) in [4.78, 5) is 27.0. The van der Waals surface area contributed by atoms with Crippen molar-refractivity contribution in [3.8, 4) is 0 Å². The molecule has 1 N–H and O–H groups in total. The summed E-state index contributed by atoms with van der Waals surface area (Å²) in [5.74, 6) is -0.417. The van der Waals surface area contributed by atoms with Crippen LogP contribution in [-0.2, 0) is 9.53 Å². The molecule has 0 aliphatic carbocycles. The summed E-state index contributed by atoms with van der Waals surface area (Å²) >= 11 is 1.59. The zero-order valence-electron chi connectivity index (χ0n) is 13.0. The quantitative estimate of drug-likeness (QED) is 0.683. The van der Waals surface area contributed by atoms with E-state index in [0.29, 0.717) is 19.7 Å². The lowest BCUT2D eigenvalue weighted by molar-refractivity contribution is -0.149. The number of thioether (sulfide) groups is 1. The van der Waals surface area contributed by atoms with Gasteiger partial charge in [0, 0.05) is 18.0 Å². The molecule has 0 bridgehead atoms. The smallest absolute Gasteiger partial charge is 0.321 e. The van der Waals surface area contributed by atoms with Gasteiger partial charge in [0.25, 0.3) is 0 Å². The lowest BCUT2D eigenvalue weighted by Gasteiger charge is -2.31. The van der Waals surface area contributed by atoms with Gasteiger partial charge in [-0.1, -0.05) is 12.1 Å². The number of hydrogen-bond donors (Lipinski definition) is 1. The van der Waals surface area contributed by atoms with E-state index < -0.39 is 0 Å². The second-order valence-electron chi connectivity index (χ2n) is 5.17. The van der Waals surface area contributed by atoms with Crippen LogP contribution in [0.25, 0.3) is 0 Å². The van der Waals surface area contributed by atoms with Crippen LogP contribution in [0.5, 0.6) is 0 Å². The zero-order valence-corrected chi connectivity index (χ0v) is 13.8. The summed E-state index contributed by atoms with van der Waals surface area (Å²) < 4.78 is 5.06. The van der Waals surface area contributed by atoms with Gasteiger partial charge in [-0.15, -0.1) is 11.8 Å². The Morgan fingerprint density at radius 1 is 1.41 bits per heavy atom. The van der Waals surface area contributed by atoms with Gasteiger partial charge in [0.05, 0.1) is 18.2 Å². The number of likely N-dealkylation sites (tertiary alicyclic amines) is 1. The molecule has 1 heterocycles. The van der Waals surface area contributed by atoms with Gasteiger partial charge in [-0.05, 0) is 38.2 Å². The molecule has 0 aromatic heterocycles. The van der Waals surface area contributed by atoms with Crippen LogP contribution in [0.4, 0.5) is 10.5 Å². The SMILES string of the molecule is CCOC(=O)C1CCCN(C(=O)Nc2ccccc2SC)C1. The van der Waals surface area contributed by atoms with Gasteiger partial charge in [-0.25, -0.2) is 4.79 Å². The number of benzene rings is 1. The average Bonchev–Trinajstić information content (AvgIpc) is 2.55. The van der Waals surface area contributed by atoms with E-state index in [1.54, 1.807) is 23.6 Å². The predicted molar refractivity (Wildman–Crippen MR) is 88.2 cm³/mol. The Labute approximate surface area is 135 Å². The molecule has 1 unspecified atom stereocenters. The largest absolute Gasteiger partial charge is 0.466 e. The molecule has 1 aliphatic heterocycles. The van der Waals surface area contributed by atoms with Crippen molar-refractivity contribution >= 4 is 29.4 Å². The monoisotopic (exact) mass is 322 g/mol. The first kappa shape index (κ1) is 16.7. The molecular formula is C16H22N2O3S. The Hall–Kier alpha value is -1.69. The molecule has 0 radical (unpaired) electrons. The lowest BCUT2D eigenvalue weighted by Crippen LogP contribution is -2.44. The summed E-state index contributed by atoms with van der Waals surface area (Å²) in [5.41, 5.74) is 0.804. The third kappa shape index (κ3) is 4.16. The van der Waals surface area contributed by atoms with Crippen molar-refractivity contribution in [3.05, 3.63) is 24.3 Å². The Kier molecular flexibility index (Phi) is 6.12. The van der Waals surface area contributed by atoms with Crippen molar-refractivity contribution in [1.82, 2.24) is 4.90 Å². The maximum absolute atomic E-state index is 12.4. The van der Waals surface area contributed by atoms with Gasteiger partial charge in [-0.2, -0.15) is 0 Å². The van der Waals surface area contributed by atoms with Crippen LogP contribution < -0.4 is 5.32 Å². The van der Waals surface area contributed by atoms with Gasteiger partial charge in [-0.3, -0.25) is 4.79 Å². The van der Waals surface area contributed by atoms with E-state index >= 15 is 0 Å². The molecule has 1 fully saturated rings. The highest BCUT2D eigenvalue weighted by Gasteiger charge is 2.29. The molecule has 22 heavy (non-hydrogen) atoms. The molecule has 5 nitrogen and oxygen atoms in total. The Morgan fingerprint density at radius 3 is 2.91 bits per heavy atom. The standard InChI is InChI=1S/C16H22N2O3S/c1-3-21-15(19)12-7-6-10-18(11-12)16(20)17-13-8-4-5-9-14(13)22-2/h4-5,8-9,12H,3,6-7,10-11H2,1-2H3,(H,17,20). The predicted octanol–water partition coefficient (Wildman–Crippen LogP) is 3.22. The first-order valence-electron chi connectivity index (χ1n) is 7.51. The van der Waals surface area contributed by atoms with Crippen molar-refractivity contribution in [2.24, 2.45) is 5.92 Å². The van der Waals surface area contributed by atoms with Crippen LogP contribution in [0.1, 0.15) is 19.8 Å². The molecule has 120 valence electrons. The van der Waals surface area contributed by atoms with Crippen molar-refractivity contribution in [1.29, 1.82) is 0 Å². The number of hydrogen-bond acceptors (Lipinski definition) is 4. The Balaban J connectivity index is 1.98. The molecule has 2 rings (SSSR count). The van der Waals surface area contributed by atoms with Crippen LogP contribution in [0.15, 0.2) is 29.2 Å². The number of amides is 2. The number of rotatable bonds is 4. The fraction of sp³-hybridized carbons (Fsp3) is 0.500. The van der Waals surface area contributed by atoms with Crippen LogP contribution >= 0.6 is 11.8 Å². The highest BCUT2D eigenvalue weighted by Crippen LogP contribution is 2.25. The van der Waals surface area contributed by atoms with Gasteiger partial charge in [0.1, 0.15) is 0 Å². The number of nitrogens with zero attached hydrogens (tertiary/aromatic N) is 1. The van der Waals surface area contributed by atoms with E-state index in [-0.39, 0.29) is 17.9 Å². The number of carbonyl (C=O) groups is 2. The number of urea groups is 1. The molecule has 6 heteroatoms. The zero-order chi connectivity index (χ0) is 15.9. The number of piperidine rings is 1. The van der Waals surface area contributed by atoms with E-state index in [1.807, 2.05) is 30.5 Å². The van der Waals surface area contributed by atoms with E-state index in [9.17, 15) is 9.59 Å². The van der Waals surface area contributed by atoms with Gasteiger partial charge >= 0.3 is 12.0 Å². The molecule has 1 aromatic carbocycles. The maximum atomic E-state index is 12.4. The third-order valence-electron chi connectivity index (χ3n) is 3.68. The number of nitrogens with one attached hydrogen (secondary N) is 1. The van der Waals surface area contributed by atoms with Gasteiger partial charge in [0.2, 0.25) is 0 Å². The van der Waals surface area contributed by atoms with Crippen molar-refractivity contribution in [2.45, 2.75) is 24.7 Å². The van der Waals surface area contributed by atoms with E-state index in [2.05, 4.69) is 5.32 Å². The summed E-state index contributed by atoms with van der Waals surface area (Å²) in [6.07, 6.45) is 3.58. The number of para-hydroxylation sites is 1. The molecule has 1 atom stereocenters. The van der Waals surface area contributed by atoms with Crippen LogP contribution in [0.2, 0.25) is 0 Å². The van der Waals surface area contributed by atoms with Crippen LogP contribution in [0.3, 0.4) is 0 Å². The molecule has 1 aromatic rings. The minimum Gasteiger partial charge on any atom is -0.466 e. The number of carbonyl (C=O) groups excluding carboxylic acids is 2. The number of esters is 1. The van der Waals surface area contributed by atoms with E-state index in [0.717, 1.165) is 23.4 Å². The molecule has 0 saturated carbocycles. The number of ether oxygens (including phenoxy) is 1. The molecule has 1 saturated heterocycles. The maximum Gasteiger partial charge on any atom is 0.321 e. The molecule has 2 amide bonds. The molecule has 1 aliphatic rings. The average molecular weight is 322 g/mol. The third-order valence-corrected chi connectivity index (χ3v) is 4.47. The molecular weight excluding hydrogens is 300 g/mol. The van der Waals surface area contributed by atoms with Crippen molar-refractivity contribution in [3.63, 3.8) is 0 Å². The molecule has 0 spiro atoms. The van der Waals surface area contributed by atoms with E-state index in [4.69, 9.17) is 4.74 Å². The van der Waals surface area contributed by atoms with Gasteiger partial charge in [0.15, 0.2) is 0 Å². The minimum atomic E-state index is -0.213. The first-order chi connectivity index (χ1) is 10.7. The highest BCUT2D eigenvalue weighted by molar-refractivity contribution is 7.98. The lowest BCUT2D eigenvalue weighted by atomic mass is 9.98. The summed E-state index contributed by atoms with van der Waals surface area (Å²) in [6.45, 7) is 3.27. The van der Waals surface area contributed by atoms with E-state index in [1.165, 1.54) is 0 Å². The topological polar surface area (TPSA) is 58.6 Å². The summed E-state index contributed by atoms with van der Waals surface area (Å²) in [6, 6.07) is 7.54. The Morgan fingerprint density at radius 2 is 2.18 bits per heavy atom. The second kappa shape index (κ2) is 8.08. The number of anilines is 1. The minimum absolute atomic E-state index is 0.157. The van der Waals surface area contributed by atoms with Crippen LogP contribution in [-0.4, -0.2) is 42.9 Å². The van der Waals surface area contributed by atoms with Crippen LogP contribution in [0, 0.1) is 5.92 Å². The summed E-state index contributed by atoms with van der Waals surface area (Å²) in [7, 11) is 0. The van der Waals surface area contributed by atoms with Gasteiger partial charge < -0.3 is 15.0 Å². The Bertz CT molecular complexity index is 536. The summed E-state index contributed by atoms with van der Waals surface area (Å²) in [5, 5.41) is 2.94. The highest BCUT2D eigenvalue weighted by atomic mass is 32.2. The first-order valence-corrected chi connectivity index (χ1v) is 8.73. The fourth-order valence-electron chi connectivity index (χ4n) is 2.56.